The SMILES string of the molecule is CC(C)(C)N1C(=O)C[C@@H](NC(N)=O)[C@H]1c1ccc(Cl)c(F)c1. The number of halogens is 2. The van der Waals surface area contributed by atoms with E-state index in [1.165, 1.54) is 12.1 Å². The molecule has 5 nitrogen and oxygen atoms in total. The van der Waals surface area contributed by atoms with Gasteiger partial charge in [-0.1, -0.05) is 17.7 Å². The number of primary amides is 1. The summed E-state index contributed by atoms with van der Waals surface area (Å²) in [5, 5.41) is 2.59. The Morgan fingerprint density at radius 1 is 1.45 bits per heavy atom. The van der Waals surface area contributed by atoms with E-state index in [2.05, 4.69) is 5.32 Å². The third-order valence-electron chi connectivity index (χ3n) is 3.66. The molecule has 2 atom stereocenters. The Labute approximate surface area is 133 Å². The Bertz CT molecular complexity index is 615. The average molecular weight is 328 g/mol. The van der Waals surface area contributed by atoms with E-state index in [-0.39, 0.29) is 17.4 Å². The lowest BCUT2D eigenvalue weighted by Crippen LogP contribution is -2.47. The van der Waals surface area contributed by atoms with Gasteiger partial charge < -0.3 is 16.0 Å². The van der Waals surface area contributed by atoms with E-state index in [0.717, 1.165) is 0 Å². The standard InChI is InChI=1S/C15H19ClFN3O2/c1-15(2,3)20-12(21)7-11(19-14(18)22)13(20)8-4-5-9(16)10(17)6-8/h4-6,11,13H,7H2,1-3H3,(H3,18,19,22)/t11-,13-/m1/s1. The number of hydrogen-bond donors (Lipinski definition) is 2. The van der Waals surface area contributed by atoms with Crippen LogP contribution in [0.15, 0.2) is 18.2 Å². The van der Waals surface area contributed by atoms with Gasteiger partial charge in [0.1, 0.15) is 5.82 Å². The van der Waals surface area contributed by atoms with Crippen LogP contribution in [0.2, 0.25) is 5.02 Å². The third-order valence-corrected chi connectivity index (χ3v) is 3.96. The van der Waals surface area contributed by atoms with Crippen molar-refractivity contribution < 1.29 is 14.0 Å². The van der Waals surface area contributed by atoms with Crippen LogP contribution in [-0.2, 0) is 4.79 Å². The topological polar surface area (TPSA) is 75.4 Å². The summed E-state index contributed by atoms with van der Waals surface area (Å²) >= 11 is 5.72. The van der Waals surface area contributed by atoms with Crippen molar-refractivity contribution in [2.24, 2.45) is 5.73 Å². The highest BCUT2D eigenvalue weighted by Crippen LogP contribution is 2.39. The van der Waals surface area contributed by atoms with Crippen LogP contribution in [0, 0.1) is 5.82 Å². The number of urea groups is 1. The second-order valence-corrected chi connectivity index (χ2v) is 6.78. The Kier molecular flexibility index (Phi) is 4.33. The van der Waals surface area contributed by atoms with Crippen LogP contribution in [0.1, 0.15) is 38.8 Å². The molecule has 1 heterocycles. The number of rotatable bonds is 2. The maximum absolute atomic E-state index is 13.8. The third kappa shape index (κ3) is 3.16. The zero-order chi connectivity index (χ0) is 16.7. The lowest BCUT2D eigenvalue weighted by atomic mass is 9.96. The monoisotopic (exact) mass is 327 g/mol. The summed E-state index contributed by atoms with van der Waals surface area (Å²) in [5.41, 5.74) is 5.28. The molecule has 3 amide bonds. The fourth-order valence-corrected chi connectivity index (χ4v) is 3.03. The minimum Gasteiger partial charge on any atom is -0.352 e. The van der Waals surface area contributed by atoms with E-state index >= 15 is 0 Å². The van der Waals surface area contributed by atoms with Gasteiger partial charge in [-0.25, -0.2) is 9.18 Å². The molecule has 2 rings (SSSR count). The lowest BCUT2D eigenvalue weighted by Gasteiger charge is -2.39. The Balaban J connectivity index is 2.48. The minimum absolute atomic E-state index is 0.00907. The van der Waals surface area contributed by atoms with Gasteiger partial charge in [-0.2, -0.15) is 0 Å². The average Bonchev–Trinajstić information content (AvgIpc) is 2.68. The van der Waals surface area contributed by atoms with Gasteiger partial charge in [0, 0.05) is 12.0 Å². The Morgan fingerprint density at radius 3 is 2.59 bits per heavy atom. The number of likely N-dealkylation sites (tertiary alicyclic amines) is 1. The van der Waals surface area contributed by atoms with Crippen molar-refractivity contribution in [1.82, 2.24) is 10.2 Å². The van der Waals surface area contributed by atoms with Gasteiger partial charge in [0.2, 0.25) is 5.91 Å². The van der Waals surface area contributed by atoms with Gasteiger partial charge in [-0.05, 0) is 38.5 Å². The molecule has 0 radical (unpaired) electrons. The Hall–Kier alpha value is -1.82. The van der Waals surface area contributed by atoms with Crippen molar-refractivity contribution in [3.05, 3.63) is 34.6 Å². The van der Waals surface area contributed by atoms with Crippen molar-refractivity contribution in [3.63, 3.8) is 0 Å². The van der Waals surface area contributed by atoms with E-state index in [1.54, 1.807) is 11.0 Å². The highest BCUT2D eigenvalue weighted by atomic mass is 35.5. The molecular formula is C15H19ClFN3O2. The molecule has 0 bridgehead atoms. The summed E-state index contributed by atoms with van der Waals surface area (Å²) in [6.07, 6.45) is 0.120. The van der Waals surface area contributed by atoms with Crippen LogP contribution < -0.4 is 11.1 Å². The van der Waals surface area contributed by atoms with Crippen LogP contribution in [0.25, 0.3) is 0 Å². The molecule has 22 heavy (non-hydrogen) atoms. The van der Waals surface area contributed by atoms with E-state index in [9.17, 15) is 14.0 Å². The molecular weight excluding hydrogens is 309 g/mol. The quantitative estimate of drug-likeness (QED) is 0.876. The number of nitrogens with zero attached hydrogens (tertiary/aromatic N) is 1. The first-order valence-corrected chi connectivity index (χ1v) is 7.32. The molecule has 3 N–H and O–H groups in total. The zero-order valence-electron chi connectivity index (χ0n) is 12.7. The second kappa shape index (κ2) is 5.76. The van der Waals surface area contributed by atoms with Gasteiger partial charge in [-0.3, -0.25) is 4.79 Å². The number of hydrogen-bond acceptors (Lipinski definition) is 2. The summed E-state index contributed by atoms with van der Waals surface area (Å²) in [6.45, 7) is 5.66. The van der Waals surface area contributed by atoms with Gasteiger partial charge in [0.25, 0.3) is 0 Å². The number of carbonyl (C=O) groups excluding carboxylic acids is 2. The normalized spacial score (nSPS) is 22.0. The van der Waals surface area contributed by atoms with Gasteiger partial charge in [0.05, 0.1) is 17.1 Å². The maximum Gasteiger partial charge on any atom is 0.312 e. The smallest absolute Gasteiger partial charge is 0.312 e. The van der Waals surface area contributed by atoms with Gasteiger partial charge >= 0.3 is 6.03 Å². The summed E-state index contributed by atoms with van der Waals surface area (Å²) in [4.78, 5) is 25.2. The van der Waals surface area contributed by atoms with Crippen molar-refractivity contribution in [3.8, 4) is 0 Å². The van der Waals surface area contributed by atoms with Crippen molar-refractivity contribution in [2.75, 3.05) is 0 Å². The molecule has 0 spiro atoms. The summed E-state index contributed by atoms with van der Waals surface area (Å²) < 4.78 is 13.8. The predicted molar refractivity (Wildman–Crippen MR) is 81.9 cm³/mol. The molecule has 1 aliphatic rings. The van der Waals surface area contributed by atoms with Crippen LogP contribution in [0.3, 0.4) is 0 Å². The van der Waals surface area contributed by atoms with E-state index in [1.807, 2.05) is 20.8 Å². The molecule has 120 valence electrons. The fraction of sp³-hybridized carbons (Fsp3) is 0.467. The van der Waals surface area contributed by atoms with Crippen LogP contribution >= 0.6 is 11.6 Å². The first kappa shape index (κ1) is 16.5. The number of carbonyl (C=O) groups is 2. The summed E-state index contributed by atoms with van der Waals surface area (Å²) in [6, 6.07) is 2.67. The molecule has 1 aromatic carbocycles. The Morgan fingerprint density at radius 2 is 2.09 bits per heavy atom. The van der Waals surface area contributed by atoms with Crippen LogP contribution in [0.4, 0.5) is 9.18 Å². The van der Waals surface area contributed by atoms with E-state index in [4.69, 9.17) is 17.3 Å². The second-order valence-electron chi connectivity index (χ2n) is 6.37. The molecule has 0 saturated carbocycles. The fourth-order valence-electron chi connectivity index (χ4n) is 2.91. The number of benzene rings is 1. The zero-order valence-corrected chi connectivity index (χ0v) is 13.4. The van der Waals surface area contributed by atoms with Crippen molar-refractivity contribution in [2.45, 2.75) is 44.8 Å². The van der Waals surface area contributed by atoms with E-state index < -0.39 is 29.5 Å². The van der Waals surface area contributed by atoms with Crippen LogP contribution in [0.5, 0.6) is 0 Å². The lowest BCUT2D eigenvalue weighted by molar-refractivity contribution is -0.133. The molecule has 1 saturated heterocycles. The largest absolute Gasteiger partial charge is 0.352 e. The molecule has 1 aromatic rings. The summed E-state index contributed by atoms with van der Waals surface area (Å²) in [7, 11) is 0. The molecule has 1 fully saturated rings. The molecule has 1 aliphatic heterocycles. The summed E-state index contributed by atoms with van der Waals surface area (Å²) in [5.74, 6) is -0.684. The van der Waals surface area contributed by atoms with Crippen LogP contribution in [-0.4, -0.2) is 28.4 Å². The van der Waals surface area contributed by atoms with Gasteiger partial charge in [0.15, 0.2) is 0 Å². The first-order valence-electron chi connectivity index (χ1n) is 6.94. The minimum atomic E-state index is -0.715. The molecule has 0 unspecified atom stereocenters. The number of amides is 3. The highest BCUT2D eigenvalue weighted by Gasteiger charge is 2.46. The van der Waals surface area contributed by atoms with Crippen molar-refractivity contribution in [1.29, 1.82) is 0 Å². The van der Waals surface area contributed by atoms with E-state index in [0.29, 0.717) is 5.56 Å². The molecule has 0 aromatic heterocycles. The number of nitrogens with one attached hydrogen (secondary N) is 1. The maximum atomic E-state index is 13.8. The molecule has 7 heteroatoms. The first-order chi connectivity index (χ1) is 10.1. The highest BCUT2D eigenvalue weighted by molar-refractivity contribution is 6.30. The van der Waals surface area contributed by atoms with Gasteiger partial charge in [-0.15, -0.1) is 0 Å². The molecule has 0 aliphatic carbocycles. The predicted octanol–water partition coefficient (Wildman–Crippen LogP) is 2.59. The van der Waals surface area contributed by atoms with Crippen molar-refractivity contribution >= 4 is 23.5 Å². The number of nitrogens with two attached hydrogens (primary N) is 1.